The van der Waals surface area contributed by atoms with Crippen LogP contribution in [0.15, 0.2) is 4.42 Å². The molecule has 0 aliphatic rings. The monoisotopic (exact) mass is 297 g/mol. The van der Waals surface area contributed by atoms with E-state index < -0.39 is 0 Å². The smallest absolute Gasteiger partial charge is 0.210 e. The third-order valence-electron chi connectivity index (χ3n) is 1.28. The number of alkyl halides is 1. The highest BCUT2D eigenvalue weighted by atomic mass is 79.9. The van der Waals surface area contributed by atoms with Crippen molar-refractivity contribution in [3.63, 3.8) is 0 Å². The van der Waals surface area contributed by atoms with Crippen molar-refractivity contribution in [2.45, 2.75) is 13.8 Å². The van der Waals surface area contributed by atoms with E-state index in [-0.39, 0.29) is 28.1 Å². The quantitative estimate of drug-likeness (QED) is 0.622. The normalized spacial score (nSPS) is 9.25. The molecule has 0 atom stereocenters. The van der Waals surface area contributed by atoms with E-state index in [0.29, 0.717) is 17.3 Å². The molecule has 0 spiro atoms. The van der Waals surface area contributed by atoms with E-state index in [0.717, 1.165) is 0 Å². The summed E-state index contributed by atoms with van der Waals surface area (Å²) in [6.07, 6.45) is 0. The Hall–Kier alpha value is -0.160. The zero-order chi connectivity index (χ0) is 8.43. The molecule has 3 nitrogen and oxygen atoms in total. The van der Waals surface area contributed by atoms with E-state index in [1.165, 1.54) is 0 Å². The number of aryl methyl sites for hydroxylation is 2. The molecule has 12 heavy (non-hydrogen) atoms. The van der Waals surface area contributed by atoms with Gasteiger partial charge in [-0.2, -0.15) is 0 Å². The van der Waals surface area contributed by atoms with Gasteiger partial charge in [0.25, 0.3) is 0 Å². The molecule has 1 aromatic rings. The summed E-state index contributed by atoms with van der Waals surface area (Å²) in [6, 6.07) is 0. The fourth-order valence-corrected chi connectivity index (χ4v) is 1.11. The molecule has 0 saturated heterocycles. The van der Waals surface area contributed by atoms with Gasteiger partial charge in [-0.05, 0) is 6.92 Å². The molecular formula is C7H9Br2NO2. The number of rotatable bonds is 2. The summed E-state index contributed by atoms with van der Waals surface area (Å²) in [4.78, 5) is 15.0. The van der Waals surface area contributed by atoms with Crippen molar-refractivity contribution < 1.29 is 9.21 Å². The summed E-state index contributed by atoms with van der Waals surface area (Å²) in [5.74, 6) is 0.828. The largest absolute Gasteiger partial charge is 0.438 e. The Labute approximate surface area is 89.4 Å². The van der Waals surface area contributed by atoms with Crippen LogP contribution in [0.2, 0.25) is 0 Å². The number of ketones is 1. The minimum Gasteiger partial charge on any atom is -0.438 e. The average Bonchev–Trinajstić information content (AvgIpc) is 2.28. The van der Waals surface area contributed by atoms with Crippen molar-refractivity contribution in [2.75, 3.05) is 5.33 Å². The van der Waals surface area contributed by atoms with Crippen LogP contribution in [-0.4, -0.2) is 16.1 Å². The van der Waals surface area contributed by atoms with E-state index in [4.69, 9.17) is 4.42 Å². The summed E-state index contributed by atoms with van der Waals surface area (Å²) in [5.41, 5.74) is 0.659. The van der Waals surface area contributed by atoms with Gasteiger partial charge >= 0.3 is 0 Å². The average molecular weight is 299 g/mol. The van der Waals surface area contributed by atoms with E-state index in [9.17, 15) is 4.79 Å². The minimum atomic E-state index is -0.0666. The maximum Gasteiger partial charge on any atom is 0.210 e. The number of nitrogens with zero attached hydrogens (tertiary/aromatic N) is 1. The fraction of sp³-hybridized carbons (Fsp3) is 0.429. The molecule has 0 aliphatic heterocycles. The second-order valence-electron chi connectivity index (χ2n) is 2.20. The van der Waals surface area contributed by atoms with E-state index in [1.54, 1.807) is 13.8 Å². The third kappa shape index (κ3) is 2.42. The van der Waals surface area contributed by atoms with Crippen LogP contribution in [0.4, 0.5) is 0 Å². The van der Waals surface area contributed by atoms with Crippen molar-refractivity contribution in [3.05, 3.63) is 17.3 Å². The van der Waals surface area contributed by atoms with Crippen LogP contribution in [-0.2, 0) is 0 Å². The van der Waals surface area contributed by atoms with Gasteiger partial charge in [0, 0.05) is 6.92 Å². The van der Waals surface area contributed by atoms with Crippen LogP contribution >= 0.6 is 32.9 Å². The fourth-order valence-electron chi connectivity index (χ4n) is 0.851. The highest BCUT2D eigenvalue weighted by Gasteiger charge is 2.13. The number of oxazole rings is 1. The number of hydrogen-bond donors (Lipinski definition) is 0. The number of aromatic nitrogens is 1. The lowest BCUT2D eigenvalue weighted by molar-refractivity contribution is 0.0991. The van der Waals surface area contributed by atoms with Gasteiger partial charge in [-0.3, -0.25) is 4.79 Å². The van der Waals surface area contributed by atoms with Crippen molar-refractivity contribution in [2.24, 2.45) is 0 Å². The van der Waals surface area contributed by atoms with Crippen LogP contribution in [0.1, 0.15) is 22.1 Å². The maximum atomic E-state index is 11.1. The predicted octanol–water partition coefficient (Wildman–Crippen LogP) is 2.45. The number of carbonyl (C=O) groups excluding carboxylic acids is 1. The lowest BCUT2D eigenvalue weighted by atomic mass is 10.3. The first-order chi connectivity index (χ1) is 5.15. The van der Waals surface area contributed by atoms with E-state index in [1.807, 2.05) is 0 Å². The lowest BCUT2D eigenvalue weighted by Gasteiger charge is -1.88. The Morgan fingerprint density at radius 1 is 1.58 bits per heavy atom. The predicted molar refractivity (Wildman–Crippen MR) is 54.4 cm³/mol. The molecule has 0 radical (unpaired) electrons. The van der Waals surface area contributed by atoms with Gasteiger partial charge < -0.3 is 4.42 Å². The van der Waals surface area contributed by atoms with Crippen molar-refractivity contribution in [3.8, 4) is 0 Å². The lowest BCUT2D eigenvalue weighted by Crippen LogP contribution is -1.99. The summed E-state index contributed by atoms with van der Waals surface area (Å²) < 4.78 is 5.08. The first kappa shape index (κ1) is 11.8. The van der Waals surface area contributed by atoms with Gasteiger partial charge in [0.05, 0.1) is 11.0 Å². The highest BCUT2D eigenvalue weighted by molar-refractivity contribution is 9.09. The van der Waals surface area contributed by atoms with E-state index in [2.05, 4.69) is 20.9 Å². The van der Waals surface area contributed by atoms with Crippen molar-refractivity contribution in [1.29, 1.82) is 0 Å². The SMILES string of the molecule is Br.Cc1nc(C)c(C(=O)CBr)o1. The summed E-state index contributed by atoms with van der Waals surface area (Å²) in [7, 11) is 0. The minimum absolute atomic E-state index is 0. The van der Waals surface area contributed by atoms with Crippen LogP contribution in [0, 0.1) is 13.8 Å². The number of hydrogen-bond acceptors (Lipinski definition) is 3. The Balaban J connectivity index is 0.00000121. The molecule has 5 heteroatoms. The first-order valence-corrected chi connectivity index (χ1v) is 4.30. The van der Waals surface area contributed by atoms with Gasteiger partial charge in [0.2, 0.25) is 5.78 Å². The topological polar surface area (TPSA) is 43.1 Å². The van der Waals surface area contributed by atoms with Gasteiger partial charge in [-0.1, -0.05) is 15.9 Å². The first-order valence-electron chi connectivity index (χ1n) is 3.18. The van der Waals surface area contributed by atoms with Gasteiger partial charge in [0.1, 0.15) is 0 Å². The molecule has 1 aromatic heterocycles. The summed E-state index contributed by atoms with van der Waals surface area (Å²) in [6.45, 7) is 3.48. The second-order valence-corrected chi connectivity index (χ2v) is 2.76. The molecule has 0 fully saturated rings. The van der Waals surface area contributed by atoms with Gasteiger partial charge in [-0.15, -0.1) is 17.0 Å². The van der Waals surface area contributed by atoms with Gasteiger partial charge in [-0.25, -0.2) is 4.98 Å². The molecule has 1 heterocycles. The highest BCUT2D eigenvalue weighted by Crippen LogP contribution is 2.10. The Morgan fingerprint density at radius 2 is 2.17 bits per heavy atom. The number of carbonyl (C=O) groups is 1. The maximum absolute atomic E-state index is 11.1. The van der Waals surface area contributed by atoms with Crippen LogP contribution < -0.4 is 0 Å². The standard InChI is InChI=1S/C7H8BrNO2.BrH/c1-4-7(6(10)3-8)11-5(2)9-4;/h3H2,1-2H3;1H. The van der Waals surface area contributed by atoms with Crippen LogP contribution in [0.5, 0.6) is 0 Å². The summed E-state index contributed by atoms with van der Waals surface area (Å²) in [5, 5.41) is 0.280. The van der Waals surface area contributed by atoms with Crippen molar-refractivity contribution >= 4 is 38.7 Å². The summed E-state index contributed by atoms with van der Waals surface area (Å²) >= 11 is 3.06. The molecule has 1 rings (SSSR count). The molecular weight excluding hydrogens is 290 g/mol. The number of Topliss-reactive ketones (excluding diaryl/α,β-unsaturated/α-hetero) is 1. The Kier molecular flexibility index (Phi) is 4.70. The van der Waals surface area contributed by atoms with Crippen molar-refractivity contribution in [1.82, 2.24) is 4.98 Å². The number of halogens is 2. The van der Waals surface area contributed by atoms with Crippen LogP contribution in [0.25, 0.3) is 0 Å². The molecule has 0 amide bonds. The van der Waals surface area contributed by atoms with E-state index >= 15 is 0 Å². The molecule has 0 unspecified atom stereocenters. The zero-order valence-corrected chi connectivity index (χ0v) is 10.1. The van der Waals surface area contributed by atoms with Crippen LogP contribution in [0.3, 0.4) is 0 Å². The Morgan fingerprint density at radius 3 is 2.50 bits per heavy atom. The molecule has 0 aliphatic carbocycles. The molecule has 0 saturated carbocycles. The Bertz CT molecular complexity index is 283. The van der Waals surface area contributed by atoms with Gasteiger partial charge in [0.15, 0.2) is 11.7 Å². The molecule has 0 bridgehead atoms. The molecule has 0 N–H and O–H groups in total. The zero-order valence-electron chi connectivity index (χ0n) is 6.76. The molecule has 68 valence electrons. The molecule has 0 aromatic carbocycles. The second kappa shape index (κ2) is 4.77. The third-order valence-corrected chi connectivity index (χ3v) is 1.79.